The van der Waals surface area contributed by atoms with E-state index in [1.54, 1.807) is 12.3 Å². The summed E-state index contributed by atoms with van der Waals surface area (Å²) in [5.41, 5.74) is 1.50. The Balaban J connectivity index is 2.05. The fourth-order valence-electron chi connectivity index (χ4n) is 2.32. The number of aromatic nitrogens is 2. The Hall–Kier alpha value is -2.82. The molecule has 0 aliphatic carbocycles. The van der Waals surface area contributed by atoms with Crippen LogP contribution in [-0.4, -0.2) is 14.9 Å². The molecule has 1 aromatic carbocycles. The van der Waals surface area contributed by atoms with Crippen LogP contribution in [0.1, 0.15) is 18.5 Å². The van der Waals surface area contributed by atoms with Crippen molar-refractivity contribution in [1.29, 1.82) is 0 Å². The first-order valence-corrected chi connectivity index (χ1v) is 6.68. The van der Waals surface area contributed by atoms with Crippen LogP contribution in [0.2, 0.25) is 0 Å². The highest BCUT2D eigenvalue weighted by molar-refractivity contribution is 5.88. The molecule has 21 heavy (non-hydrogen) atoms. The minimum Gasteiger partial charge on any atom is -0.423 e. The van der Waals surface area contributed by atoms with Gasteiger partial charge in [0.05, 0.1) is 5.69 Å². The molecule has 0 saturated heterocycles. The van der Waals surface area contributed by atoms with E-state index in [-0.39, 0.29) is 11.7 Å². The van der Waals surface area contributed by atoms with E-state index in [0.29, 0.717) is 15.8 Å². The standard InChI is InChI=1S/C16H15N3O2/c1-11(12-6-3-2-4-7-12)18-14-10-15(20)19(21)16-13(14)8-5-9-17-16/h2-11,18,21H,1H3. The average molecular weight is 281 g/mol. The summed E-state index contributed by atoms with van der Waals surface area (Å²) in [6, 6.07) is 14.9. The quantitative estimate of drug-likeness (QED) is 0.724. The van der Waals surface area contributed by atoms with Crippen molar-refractivity contribution in [1.82, 2.24) is 9.71 Å². The number of fused-ring (bicyclic) bond motifs is 1. The minimum atomic E-state index is -0.510. The van der Waals surface area contributed by atoms with Gasteiger partial charge in [0.15, 0.2) is 5.65 Å². The maximum Gasteiger partial charge on any atom is 0.286 e. The summed E-state index contributed by atoms with van der Waals surface area (Å²) >= 11 is 0. The van der Waals surface area contributed by atoms with Gasteiger partial charge >= 0.3 is 0 Å². The van der Waals surface area contributed by atoms with Crippen molar-refractivity contribution in [3.05, 3.63) is 70.6 Å². The van der Waals surface area contributed by atoms with Gasteiger partial charge in [-0.1, -0.05) is 30.3 Å². The van der Waals surface area contributed by atoms with Gasteiger partial charge in [-0.2, -0.15) is 0 Å². The predicted octanol–water partition coefficient (Wildman–Crippen LogP) is 2.81. The molecule has 0 aliphatic rings. The second-order valence-corrected chi connectivity index (χ2v) is 4.86. The summed E-state index contributed by atoms with van der Waals surface area (Å²) in [6.07, 6.45) is 1.54. The van der Waals surface area contributed by atoms with E-state index < -0.39 is 5.56 Å². The van der Waals surface area contributed by atoms with E-state index in [2.05, 4.69) is 10.3 Å². The highest BCUT2D eigenvalue weighted by Crippen LogP contribution is 2.24. The Bertz CT molecular complexity index is 828. The third-order valence-electron chi connectivity index (χ3n) is 3.43. The number of anilines is 1. The normalized spacial score (nSPS) is 12.2. The first kappa shape index (κ1) is 13.2. The van der Waals surface area contributed by atoms with Crippen molar-refractivity contribution in [2.45, 2.75) is 13.0 Å². The van der Waals surface area contributed by atoms with E-state index in [9.17, 15) is 10.0 Å². The van der Waals surface area contributed by atoms with E-state index in [4.69, 9.17) is 0 Å². The third-order valence-corrected chi connectivity index (χ3v) is 3.43. The SMILES string of the molecule is CC(Nc1cc(=O)n(O)c2ncccc12)c1ccccc1. The fourth-order valence-corrected chi connectivity index (χ4v) is 2.32. The third kappa shape index (κ3) is 2.45. The first-order valence-electron chi connectivity index (χ1n) is 6.68. The molecular weight excluding hydrogens is 266 g/mol. The smallest absolute Gasteiger partial charge is 0.286 e. The molecule has 106 valence electrons. The zero-order chi connectivity index (χ0) is 14.8. The Labute approximate surface area is 121 Å². The molecule has 5 heteroatoms. The number of nitrogens with zero attached hydrogens (tertiary/aromatic N) is 2. The molecule has 1 unspecified atom stereocenters. The lowest BCUT2D eigenvalue weighted by molar-refractivity contribution is 0.187. The maximum absolute atomic E-state index is 11.8. The first-order chi connectivity index (χ1) is 10.2. The van der Waals surface area contributed by atoms with Gasteiger partial charge in [-0.05, 0) is 24.6 Å². The van der Waals surface area contributed by atoms with Crippen LogP contribution in [-0.2, 0) is 0 Å². The van der Waals surface area contributed by atoms with Crippen LogP contribution in [0.4, 0.5) is 5.69 Å². The van der Waals surface area contributed by atoms with Crippen LogP contribution in [0.5, 0.6) is 0 Å². The Morgan fingerprint density at radius 1 is 1.19 bits per heavy atom. The molecule has 0 saturated carbocycles. The molecule has 2 heterocycles. The molecule has 3 aromatic rings. The lowest BCUT2D eigenvalue weighted by Crippen LogP contribution is -2.20. The van der Waals surface area contributed by atoms with Crippen molar-refractivity contribution >= 4 is 16.7 Å². The van der Waals surface area contributed by atoms with Crippen molar-refractivity contribution in [2.75, 3.05) is 5.32 Å². The summed E-state index contributed by atoms with van der Waals surface area (Å²) in [6.45, 7) is 2.02. The Morgan fingerprint density at radius 2 is 1.95 bits per heavy atom. The van der Waals surface area contributed by atoms with Crippen molar-refractivity contribution in [3.63, 3.8) is 0 Å². The van der Waals surface area contributed by atoms with Crippen molar-refractivity contribution in [2.24, 2.45) is 0 Å². The summed E-state index contributed by atoms with van der Waals surface area (Å²) in [5, 5.41) is 13.7. The van der Waals surface area contributed by atoms with E-state index in [1.807, 2.05) is 43.3 Å². The zero-order valence-corrected chi connectivity index (χ0v) is 11.5. The highest BCUT2D eigenvalue weighted by atomic mass is 16.5. The molecular formula is C16H15N3O2. The van der Waals surface area contributed by atoms with Crippen LogP contribution in [0.25, 0.3) is 11.0 Å². The lowest BCUT2D eigenvalue weighted by Gasteiger charge is -2.17. The molecule has 3 rings (SSSR count). The Morgan fingerprint density at radius 3 is 2.71 bits per heavy atom. The zero-order valence-electron chi connectivity index (χ0n) is 11.5. The number of benzene rings is 1. The monoisotopic (exact) mass is 281 g/mol. The van der Waals surface area contributed by atoms with Crippen molar-refractivity contribution < 1.29 is 5.21 Å². The van der Waals surface area contributed by atoms with Crippen LogP contribution in [0.15, 0.2) is 59.5 Å². The predicted molar refractivity (Wildman–Crippen MR) is 81.7 cm³/mol. The van der Waals surface area contributed by atoms with Gasteiger partial charge in [-0.25, -0.2) is 4.98 Å². The average Bonchev–Trinajstić information content (AvgIpc) is 2.53. The molecule has 5 nitrogen and oxygen atoms in total. The second kappa shape index (κ2) is 5.28. The van der Waals surface area contributed by atoms with E-state index in [1.165, 1.54) is 6.07 Å². The van der Waals surface area contributed by atoms with Gasteiger partial charge in [0.2, 0.25) is 0 Å². The minimum absolute atomic E-state index is 0.0311. The van der Waals surface area contributed by atoms with Crippen molar-refractivity contribution in [3.8, 4) is 0 Å². The van der Waals surface area contributed by atoms with Gasteiger partial charge in [-0.3, -0.25) is 4.79 Å². The van der Waals surface area contributed by atoms with Gasteiger partial charge in [-0.15, -0.1) is 4.73 Å². The number of pyridine rings is 2. The number of hydrogen-bond acceptors (Lipinski definition) is 4. The summed E-state index contributed by atoms with van der Waals surface area (Å²) in [5.74, 6) is 0. The lowest BCUT2D eigenvalue weighted by atomic mass is 10.1. The van der Waals surface area contributed by atoms with Gasteiger partial charge in [0, 0.05) is 23.7 Å². The molecule has 2 N–H and O–H groups in total. The van der Waals surface area contributed by atoms with Crippen LogP contribution in [0.3, 0.4) is 0 Å². The van der Waals surface area contributed by atoms with E-state index >= 15 is 0 Å². The molecule has 0 bridgehead atoms. The van der Waals surface area contributed by atoms with E-state index in [0.717, 1.165) is 5.56 Å². The molecule has 0 spiro atoms. The molecule has 1 atom stereocenters. The summed E-state index contributed by atoms with van der Waals surface area (Å²) in [7, 11) is 0. The fraction of sp³-hybridized carbons (Fsp3) is 0.125. The topological polar surface area (TPSA) is 67.2 Å². The number of rotatable bonds is 3. The molecule has 0 radical (unpaired) electrons. The Kier molecular flexibility index (Phi) is 3.31. The van der Waals surface area contributed by atoms with Gasteiger partial charge < -0.3 is 10.5 Å². The van der Waals surface area contributed by atoms with Crippen LogP contribution >= 0.6 is 0 Å². The van der Waals surface area contributed by atoms with Crippen LogP contribution in [0, 0.1) is 0 Å². The molecule has 0 fully saturated rings. The summed E-state index contributed by atoms with van der Waals surface area (Å²) in [4.78, 5) is 15.9. The molecule has 0 amide bonds. The number of hydrogen-bond donors (Lipinski definition) is 2. The summed E-state index contributed by atoms with van der Waals surface area (Å²) < 4.78 is 0.563. The second-order valence-electron chi connectivity index (χ2n) is 4.86. The van der Waals surface area contributed by atoms with Gasteiger partial charge in [0.1, 0.15) is 0 Å². The molecule has 0 aliphatic heterocycles. The molecule has 2 aromatic heterocycles. The maximum atomic E-state index is 11.8. The van der Waals surface area contributed by atoms with Gasteiger partial charge in [0.25, 0.3) is 5.56 Å². The highest BCUT2D eigenvalue weighted by Gasteiger charge is 2.11. The largest absolute Gasteiger partial charge is 0.423 e. The van der Waals surface area contributed by atoms with Crippen LogP contribution < -0.4 is 10.9 Å². The number of nitrogens with one attached hydrogen (secondary N) is 1.